The molecule has 5 nitrogen and oxygen atoms in total. The number of nitrogens with zero attached hydrogens (tertiary/aromatic N) is 3. The van der Waals surface area contributed by atoms with Crippen molar-refractivity contribution < 1.29 is 5.11 Å². The quantitative estimate of drug-likeness (QED) is 0.309. The van der Waals surface area contributed by atoms with Gasteiger partial charge in [-0.3, -0.25) is 5.43 Å². The van der Waals surface area contributed by atoms with Crippen LogP contribution >= 0.6 is 0 Å². The number of phenols is 1. The molecular weight excluding hydrogens is 300 g/mol. The molecule has 0 radical (unpaired) electrons. The highest BCUT2D eigenvalue weighted by Gasteiger charge is 2.03. The zero-order valence-corrected chi connectivity index (χ0v) is 12.9. The van der Waals surface area contributed by atoms with Gasteiger partial charge in [-0.05, 0) is 24.3 Å². The van der Waals surface area contributed by atoms with Gasteiger partial charge in [-0.2, -0.15) is 5.10 Å². The molecule has 3 rings (SSSR count). The highest BCUT2D eigenvalue weighted by atomic mass is 16.3. The maximum atomic E-state index is 9.79. The van der Waals surface area contributed by atoms with Crippen molar-refractivity contribution in [1.29, 1.82) is 0 Å². The van der Waals surface area contributed by atoms with E-state index in [1.165, 1.54) is 0 Å². The van der Waals surface area contributed by atoms with Gasteiger partial charge in [0.1, 0.15) is 11.4 Å². The van der Waals surface area contributed by atoms with Crippen molar-refractivity contribution in [2.75, 3.05) is 5.43 Å². The number of hydrogen-bond acceptors (Lipinski definition) is 4. The van der Waals surface area contributed by atoms with Crippen molar-refractivity contribution in [2.45, 2.75) is 0 Å². The summed E-state index contributed by atoms with van der Waals surface area (Å²) in [6.07, 6.45) is 0. The van der Waals surface area contributed by atoms with Gasteiger partial charge >= 0.3 is 0 Å². The Kier molecular flexibility index (Phi) is 4.94. The van der Waals surface area contributed by atoms with Crippen molar-refractivity contribution in [3.05, 3.63) is 90.5 Å². The summed E-state index contributed by atoms with van der Waals surface area (Å²) in [5, 5.41) is 22.4. The van der Waals surface area contributed by atoms with Crippen LogP contribution in [0.2, 0.25) is 0 Å². The molecule has 0 bridgehead atoms. The van der Waals surface area contributed by atoms with Gasteiger partial charge < -0.3 is 5.11 Å². The summed E-state index contributed by atoms with van der Waals surface area (Å²) < 4.78 is 0. The average molecular weight is 316 g/mol. The first-order chi connectivity index (χ1) is 11.8. The summed E-state index contributed by atoms with van der Waals surface area (Å²) >= 11 is 0. The second kappa shape index (κ2) is 7.69. The van der Waals surface area contributed by atoms with Crippen molar-refractivity contribution >= 4 is 17.2 Å². The molecule has 0 aliphatic carbocycles. The first kappa shape index (κ1) is 15.4. The number of para-hydroxylation sites is 2. The molecule has 0 amide bonds. The van der Waals surface area contributed by atoms with Gasteiger partial charge in [0, 0.05) is 5.56 Å². The lowest BCUT2D eigenvalue weighted by Gasteiger charge is -2.03. The molecular formula is C19H16N4O. The normalized spacial score (nSPS) is 11.6. The molecule has 0 aromatic heterocycles. The van der Waals surface area contributed by atoms with E-state index in [2.05, 4.69) is 20.8 Å². The van der Waals surface area contributed by atoms with E-state index in [0.29, 0.717) is 11.5 Å². The van der Waals surface area contributed by atoms with Crippen molar-refractivity contribution in [3.8, 4) is 5.75 Å². The van der Waals surface area contributed by atoms with Gasteiger partial charge in [0.2, 0.25) is 5.84 Å². The Bertz CT molecular complexity index is 846. The van der Waals surface area contributed by atoms with Gasteiger partial charge in [-0.25, -0.2) is 0 Å². The van der Waals surface area contributed by atoms with Crippen LogP contribution < -0.4 is 5.43 Å². The predicted molar refractivity (Wildman–Crippen MR) is 95.7 cm³/mol. The lowest BCUT2D eigenvalue weighted by molar-refractivity contribution is 0.476. The third-order valence-electron chi connectivity index (χ3n) is 3.23. The van der Waals surface area contributed by atoms with E-state index < -0.39 is 0 Å². The second-order valence-electron chi connectivity index (χ2n) is 4.97. The van der Waals surface area contributed by atoms with E-state index >= 15 is 0 Å². The standard InChI is InChI=1S/C19H16N4O/c24-18-14-8-7-13-17(18)21-23-19(15-9-3-1-4-10-15)22-20-16-11-5-2-6-12-16/h1-14,20,24H/b22-19+,23-21?. The summed E-state index contributed by atoms with van der Waals surface area (Å²) in [6, 6.07) is 25.9. The summed E-state index contributed by atoms with van der Waals surface area (Å²) in [6.45, 7) is 0. The fourth-order valence-corrected chi connectivity index (χ4v) is 2.01. The molecule has 0 saturated carbocycles. The summed E-state index contributed by atoms with van der Waals surface area (Å²) in [5.41, 5.74) is 5.03. The van der Waals surface area contributed by atoms with Crippen LogP contribution in [0.25, 0.3) is 0 Å². The minimum absolute atomic E-state index is 0.0738. The number of hydrogen-bond donors (Lipinski definition) is 2. The minimum atomic E-state index is 0.0738. The molecule has 24 heavy (non-hydrogen) atoms. The highest BCUT2D eigenvalue weighted by molar-refractivity contribution is 5.99. The maximum Gasteiger partial charge on any atom is 0.201 e. The zero-order chi connectivity index (χ0) is 16.6. The molecule has 118 valence electrons. The molecule has 0 unspecified atom stereocenters. The van der Waals surface area contributed by atoms with Crippen LogP contribution in [0.15, 0.2) is 100 Å². The van der Waals surface area contributed by atoms with Crippen LogP contribution in [0.3, 0.4) is 0 Å². The van der Waals surface area contributed by atoms with Crippen LogP contribution in [0.5, 0.6) is 5.75 Å². The van der Waals surface area contributed by atoms with Gasteiger partial charge in [-0.1, -0.05) is 60.7 Å². The van der Waals surface area contributed by atoms with Crippen LogP contribution in [0, 0.1) is 0 Å². The molecule has 0 aliphatic rings. The molecule has 0 spiro atoms. The number of benzene rings is 3. The van der Waals surface area contributed by atoms with E-state index in [4.69, 9.17) is 0 Å². The van der Waals surface area contributed by atoms with Gasteiger partial charge in [0.05, 0.1) is 5.69 Å². The summed E-state index contributed by atoms with van der Waals surface area (Å²) in [5.74, 6) is 0.493. The molecule has 0 heterocycles. The van der Waals surface area contributed by atoms with Crippen LogP contribution in [-0.2, 0) is 0 Å². The Morgan fingerprint density at radius 2 is 1.38 bits per heavy atom. The molecule has 0 atom stereocenters. The van der Waals surface area contributed by atoms with Gasteiger partial charge in [-0.15, -0.1) is 10.2 Å². The summed E-state index contributed by atoms with van der Waals surface area (Å²) in [4.78, 5) is 0. The zero-order valence-electron chi connectivity index (χ0n) is 12.9. The van der Waals surface area contributed by atoms with Crippen molar-refractivity contribution in [2.24, 2.45) is 15.3 Å². The second-order valence-corrected chi connectivity index (χ2v) is 4.97. The van der Waals surface area contributed by atoms with E-state index in [1.54, 1.807) is 24.3 Å². The first-order valence-corrected chi connectivity index (χ1v) is 7.47. The first-order valence-electron chi connectivity index (χ1n) is 7.47. The monoisotopic (exact) mass is 316 g/mol. The number of phenolic OH excluding ortho intramolecular Hbond substituents is 1. The van der Waals surface area contributed by atoms with E-state index in [1.807, 2.05) is 60.7 Å². The molecule has 3 aromatic rings. The SMILES string of the molecule is Oc1ccccc1N=N/C(=N/Nc1ccccc1)c1ccccc1. The number of hydrazone groups is 1. The van der Waals surface area contributed by atoms with Crippen LogP contribution in [-0.4, -0.2) is 10.9 Å². The van der Waals surface area contributed by atoms with E-state index in [0.717, 1.165) is 11.3 Å². The number of azo groups is 1. The topological polar surface area (TPSA) is 69.3 Å². The van der Waals surface area contributed by atoms with Crippen LogP contribution in [0.1, 0.15) is 5.56 Å². The fourth-order valence-electron chi connectivity index (χ4n) is 2.01. The third-order valence-corrected chi connectivity index (χ3v) is 3.23. The van der Waals surface area contributed by atoms with E-state index in [9.17, 15) is 5.11 Å². The third kappa shape index (κ3) is 4.04. The Labute approximate surface area is 140 Å². The van der Waals surface area contributed by atoms with Crippen molar-refractivity contribution in [1.82, 2.24) is 0 Å². The number of nitrogens with one attached hydrogen (secondary N) is 1. The average Bonchev–Trinajstić information content (AvgIpc) is 2.65. The highest BCUT2D eigenvalue weighted by Crippen LogP contribution is 2.25. The molecule has 0 fully saturated rings. The Balaban J connectivity index is 1.89. The summed E-state index contributed by atoms with van der Waals surface area (Å²) in [7, 11) is 0. The number of amidine groups is 1. The Morgan fingerprint density at radius 1 is 0.750 bits per heavy atom. The maximum absolute atomic E-state index is 9.79. The largest absolute Gasteiger partial charge is 0.506 e. The van der Waals surface area contributed by atoms with Crippen molar-refractivity contribution in [3.63, 3.8) is 0 Å². The molecule has 2 N–H and O–H groups in total. The van der Waals surface area contributed by atoms with Gasteiger partial charge in [0.25, 0.3) is 0 Å². The predicted octanol–water partition coefficient (Wildman–Crippen LogP) is 4.95. The Hall–Kier alpha value is -3.47. The minimum Gasteiger partial charge on any atom is -0.506 e. The van der Waals surface area contributed by atoms with Crippen LogP contribution in [0.4, 0.5) is 11.4 Å². The molecule has 5 heteroatoms. The Morgan fingerprint density at radius 3 is 2.08 bits per heavy atom. The lowest BCUT2D eigenvalue weighted by Crippen LogP contribution is -2.00. The lowest BCUT2D eigenvalue weighted by atomic mass is 10.2. The number of aromatic hydroxyl groups is 1. The smallest absolute Gasteiger partial charge is 0.201 e. The number of rotatable bonds is 4. The molecule has 0 aliphatic heterocycles. The van der Waals surface area contributed by atoms with Gasteiger partial charge in [0.15, 0.2) is 0 Å². The molecule has 0 saturated heterocycles. The molecule has 3 aromatic carbocycles. The van der Waals surface area contributed by atoms with E-state index in [-0.39, 0.29) is 5.75 Å². The number of anilines is 1. The fraction of sp³-hybridized carbons (Fsp3) is 0.